The Hall–Kier alpha value is -1.12. The number of aryl methyl sites for hydroxylation is 1. The Balaban J connectivity index is 2.64. The minimum absolute atomic E-state index is 0.444. The van der Waals surface area contributed by atoms with Gasteiger partial charge in [-0.15, -0.1) is 0 Å². The van der Waals surface area contributed by atoms with Gasteiger partial charge in [0, 0.05) is 5.56 Å². The van der Waals surface area contributed by atoms with Gasteiger partial charge in [0.25, 0.3) is 0 Å². The largest absolute Gasteiger partial charge is 0.495 e. The summed E-state index contributed by atoms with van der Waals surface area (Å²) in [5.74, 6) is 0.790. The third-order valence-electron chi connectivity index (χ3n) is 3.91. The molecule has 0 amide bonds. The minimum atomic E-state index is -0.444. The molecule has 102 valence electrons. The van der Waals surface area contributed by atoms with Crippen molar-refractivity contribution < 1.29 is 9.53 Å². The van der Waals surface area contributed by atoms with Crippen LogP contribution in [-0.2, 0) is 16.8 Å². The molecule has 1 aliphatic rings. The van der Waals surface area contributed by atoms with E-state index in [2.05, 4.69) is 40.0 Å². The SMILES string of the molecule is CCc1cc(Br)c(OC)c(C2(N=C=O)CCCC2)c1. The van der Waals surface area contributed by atoms with E-state index < -0.39 is 5.54 Å². The monoisotopic (exact) mass is 323 g/mol. The second-order valence-corrected chi connectivity index (χ2v) is 5.81. The standard InChI is InChI=1S/C15H18BrNO2/c1-3-11-8-12(14(19-2)13(16)9-11)15(17-10-18)6-4-5-7-15/h8-9H,3-7H2,1-2H3. The molecule has 1 aromatic carbocycles. The Morgan fingerprint density at radius 2 is 2.11 bits per heavy atom. The van der Waals surface area contributed by atoms with Crippen LogP contribution in [0.4, 0.5) is 0 Å². The lowest BCUT2D eigenvalue weighted by Gasteiger charge is -2.26. The number of methoxy groups -OCH3 is 1. The number of ether oxygens (including phenoxy) is 1. The second kappa shape index (κ2) is 5.89. The first-order chi connectivity index (χ1) is 9.16. The fraction of sp³-hybridized carbons (Fsp3) is 0.533. The third kappa shape index (κ3) is 2.60. The number of carbonyl (C=O) groups excluding carboxylic acids is 1. The molecular weight excluding hydrogens is 306 g/mol. The summed E-state index contributed by atoms with van der Waals surface area (Å²) in [6, 6.07) is 4.19. The lowest BCUT2D eigenvalue weighted by atomic mass is 9.87. The Labute approximate surface area is 122 Å². The Morgan fingerprint density at radius 1 is 1.42 bits per heavy atom. The van der Waals surface area contributed by atoms with Crippen LogP contribution in [0.2, 0.25) is 0 Å². The average Bonchev–Trinajstić information content (AvgIpc) is 2.88. The fourth-order valence-corrected chi connectivity index (χ4v) is 3.56. The summed E-state index contributed by atoms with van der Waals surface area (Å²) >= 11 is 3.56. The van der Waals surface area contributed by atoms with Crippen molar-refractivity contribution in [1.82, 2.24) is 0 Å². The van der Waals surface area contributed by atoms with Crippen LogP contribution in [0.3, 0.4) is 0 Å². The zero-order valence-electron chi connectivity index (χ0n) is 11.3. The summed E-state index contributed by atoms with van der Waals surface area (Å²) in [5.41, 5.74) is 1.79. The lowest BCUT2D eigenvalue weighted by Crippen LogP contribution is -2.20. The van der Waals surface area contributed by atoms with Crippen molar-refractivity contribution in [2.75, 3.05) is 7.11 Å². The van der Waals surface area contributed by atoms with Crippen molar-refractivity contribution in [3.8, 4) is 5.75 Å². The summed E-state index contributed by atoms with van der Waals surface area (Å²) in [4.78, 5) is 15.0. The second-order valence-electron chi connectivity index (χ2n) is 4.95. The molecule has 19 heavy (non-hydrogen) atoms. The average molecular weight is 324 g/mol. The van der Waals surface area contributed by atoms with Crippen LogP contribution in [0.25, 0.3) is 0 Å². The predicted molar refractivity (Wildman–Crippen MR) is 78.3 cm³/mol. The van der Waals surface area contributed by atoms with Gasteiger partial charge >= 0.3 is 0 Å². The van der Waals surface area contributed by atoms with Crippen LogP contribution in [0.15, 0.2) is 21.6 Å². The van der Waals surface area contributed by atoms with E-state index in [1.165, 1.54) is 5.56 Å². The number of benzene rings is 1. The number of aliphatic imine (C=N–C) groups is 1. The van der Waals surface area contributed by atoms with Crippen LogP contribution in [0, 0.1) is 0 Å². The zero-order valence-corrected chi connectivity index (χ0v) is 12.9. The number of hydrogen-bond acceptors (Lipinski definition) is 3. The van der Waals surface area contributed by atoms with Crippen LogP contribution in [0.5, 0.6) is 5.75 Å². The Kier molecular flexibility index (Phi) is 4.43. The topological polar surface area (TPSA) is 38.7 Å². The number of rotatable bonds is 4. The number of isocyanates is 1. The molecule has 0 aliphatic heterocycles. The van der Waals surface area contributed by atoms with Crippen LogP contribution in [-0.4, -0.2) is 13.2 Å². The number of halogens is 1. The fourth-order valence-electron chi connectivity index (χ4n) is 2.90. The molecular formula is C15H18BrNO2. The molecule has 0 spiro atoms. The molecule has 0 atom stereocenters. The van der Waals surface area contributed by atoms with Gasteiger partial charge in [-0.1, -0.05) is 19.8 Å². The summed E-state index contributed by atoms with van der Waals surface area (Å²) < 4.78 is 6.45. The van der Waals surface area contributed by atoms with E-state index in [0.717, 1.165) is 47.9 Å². The molecule has 1 aromatic rings. The van der Waals surface area contributed by atoms with Crippen molar-refractivity contribution in [3.63, 3.8) is 0 Å². The molecule has 4 heteroatoms. The van der Waals surface area contributed by atoms with Gasteiger partial charge in [-0.05, 0) is 52.9 Å². The Morgan fingerprint density at radius 3 is 2.63 bits per heavy atom. The number of nitrogens with zero attached hydrogens (tertiary/aromatic N) is 1. The van der Waals surface area contributed by atoms with Crippen molar-refractivity contribution in [3.05, 3.63) is 27.7 Å². The van der Waals surface area contributed by atoms with E-state index in [-0.39, 0.29) is 0 Å². The van der Waals surface area contributed by atoms with E-state index >= 15 is 0 Å². The van der Waals surface area contributed by atoms with Crippen LogP contribution in [0.1, 0.15) is 43.7 Å². The normalized spacial score (nSPS) is 17.0. The molecule has 2 rings (SSSR count). The predicted octanol–water partition coefficient (Wildman–Crippen LogP) is 4.13. The van der Waals surface area contributed by atoms with Crippen molar-refractivity contribution in [2.45, 2.75) is 44.6 Å². The van der Waals surface area contributed by atoms with Crippen LogP contribution >= 0.6 is 15.9 Å². The van der Waals surface area contributed by atoms with Crippen molar-refractivity contribution in [1.29, 1.82) is 0 Å². The van der Waals surface area contributed by atoms with Gasteiger partial charge in [-0.25, -0.2) is 4.79 Å². The van der Waals surface area contributed by atoms with Gasteiger partial charge in [0.15, 0.2) is 0 Å². The molecule has 0 aromatic heterocycles. The van der Waals surface area contributed by atoms with Gasteiger partial charge < -0.3 is 4.74 Å². The first kappa shape index (κ1) is 14.3. The molecule has 0 heterocycles. The quantitative estimate of drug-likeness (QED) is 0.617. The summed E-state index contributed by atoms with van der Waals surface area (Å²) in [6.45, 7) is 2.11. The maximum Gasteiger partial charge on any atom is 0.235 e. The van der Waals surface area contributed by atoms with E-state index in [4.69, 9.17) is 4.74 Å². The molecule has 0 radical (unpaired) electrons. The summed E-state index contributed by atoms with van der Waals surface area (Å²) in [5, 5.41) is 0. The molecule has 0 unspecified atom stereocenters. The molecule has 3 nitrogen and oxygen atoms in total. The summed E-state index contributed by atoms with van der Waals surface area (Å²) in [7, 11) is 1.66. The lowest BCUT2D eigenvalue weighted by molar-refractivity contribution is 0.377. The highest BCUT2D eigenvalue weighted by Gasteiger charge is 2.38. The smallest absolute Gasteiger partial charge is 0.235 e. The highest BCUT2D eigenvalue weighted by atomic mass is 79.9. The highest BCUT2D eigenvalue weighted by molar-refractivity contribution is 9.10. The zero-order chi connectivity index (χ0) is 13.9. The van der Waals surface area contributed by atoms with Crippen LogP contribution < -0.4 is 4.74 Å². The van der Waals surface area contributed by atoms with E-state index in [9.17, 15) is 4.79 Å². The van der Waals surface area contributed by atoms with E-state index in [0.29, 0.717) is 0 Å². The van der Waals surface area contributed by atoms with Gasteiger partial charge in [0.2, 0.25) is 6.08 Å². The first-order valence-corrected chi connectivity index (χ1v) is 7.42. The maximum absolute atomic E-state index is 10.8. The molecule has 1 saturated carbocycles. The molecule has 1 aliphatic carbocycles. The maximum atomic E-state index is 10.8. The van der Waals surface area contributed by atoms with Gasteiger partial charge in [-0.2, -0.15) is 4.99 Å². The van der Waals surface area contributed by atoms with E-state index in [1.54, 1.807) is 13.2 Å². The van der Waals surface area contributed by atoms with Gasteiger partial charge in [0.1, 0.15) is 11.3 Å². The first-order valence-electron chi connectivity index (χ1n) is 6.63. The highest BCUT2D eigenvalue weighted by Crippen LogP contribution is 2.48. The molecule has 0 saturated heterocycles. The summed E-state index contributed by atoms with van der Waals surface area (Å²) in [6.07, 6.45) is 6.65. The van der Waals surface area contributed by atoms with Crippen molar-refractivity contribution in [2.24, 2.45) is 4.99 Å². The van der Waals surface area contributed by atoms with E-state index in [1.807, 2.05) is 0 Å². The number of hydrogen-bond donors (Lipinski definition) is 0. The minimum Gasteiger partial charge on any atom is -0.495 e. The molecule has 1 fully saturated rings. The molecule has 0 bridgehead atoms. The Bertz CT molecular complexity index is 515. The third-order valence-corrected chi connectivity index (χ3v) is 4.50. The van der Waals surface area contributed by atoms with Gasteiger partial charge in [0.05, 0.1) is 11.6 Å². The van der Waals surface area contributed by atoms with Gasteiger partial charge in [-0.3, -0.25) is 0 Å². The van der Waals surface area contributed by atoms with Crippen molar-refractivity contribution >= 4 is 22.0 Å². The molecule has 0 N–H and O–H groups in total.